The summed E-state index contributed by atoms with van der Waals surface area (Å²) >= 11 is 0. The van der Waals surface area contributed by atoms with Gasteiger partial charge in [-0.1, -0.05) is 25.1 Å². The third kappa shape index (κ3) is 5.99. The predicted molar refractivity (Wildman–Crippen MR) is 102 cm³/mol. The number of rotatable bonds is 9. The van der Waals surface area contributed by atoms with Gasteiger partial charge < -0.3 is 19.5 Å². The summed E-state index contributed by atoms with van der Waals surface area (Å²) in [5.41, 5.74) is 0.979. The number of carbonyl (C=O) groups excluding carboxylic acids is 1. The molecule has 140 valence electrons. The van der Waals surface area contributed by atoms with Crippen LogP contribution < -0.4 is 19.5 Å². The molecule has 0 bridgehead atoms. The first-order valence-electron chi connectivity index (χ1n) is 8.85. The van der Waals surface area contributed by atoms with Crippen LogP contribution in [0.1, 0.15) is 32.8 Å². The molecular weight excluding hydrogens is 330 g/mol. The molecule has 0 aliphatic rings. The molecule has 1 amide bonds. The lowest BCUT2D eigenvalue weighted by Crippen LogP contribution is -2.37. The summed E-state index contributed by atoms with van der Waals surface area (Å²) in [7, 11) is 1.60. The standard InChI is InChI=1S/C21H27NO4/c1-5-20(26-19-11-7-9-17(13-19)24-4)21(23)22-14-16-8-6-10-18(12-16)25-15(2)3/h6-13,15,20H,5,14H2,1-4H3,(H,22,23)/t20-/m1/s1. The summed E-state index contributed by atoms with van der Waals surface area (Å²) < 4.78 is 16.7. The molecule has 5 heteroatoms. The molecular formula is C21H27NO4. The van der Waals surface area contributed by atoms with E-state index in [4.69, 9.17) is 14.2 Å². The summed E-state index contributed by atoms with van der Waals surface area (Å²) in [6.07, 6.45) is 0.122. The number of nitrogens with one attached hydrogen (secondary N) is 1. The Hall–Kier alpha value is -2.69. The van der Waals surface area contributed by atoms with Gasteiger partial charge in [0.15, 0.2) is 6.10 Å². The lowest BCUT2D eigenvalue weighted by Gasteiger charge is -2.18. The van der Waals surface area contributed by atoms with Crippen LogP contribution in [0.15, 0.2) is 48.5 Å². The van der Waals surface area contributed by atoms with Crippen molar-refractivity contribution in [2.75, 3.05) is 7.11 Å². The van der Waals surface area contributed by atoms with Crippen LogP contribution in [0.3, 0.4) is 0 Å². The highest BCUT2D eigenvalue weighted by Crippen LogP contribution is 2.21. The van der Waals surface area contributed by atoms with Crippen LogP contribution in [0, 0.1) is 0 Å². The second kappa shape index (κ2) is 9.70. The Labute approximate surface area is 155 Å². The quantitative estimate of drug-likeness (QED) is 0.738. The van der Waals surface area contributed by atoms with E-state index in [1.54, 1.807) is 13.2 Å². The number of carbonyl (C=O) groups is 1. The van der Waals surface area contributed by atoms with Crippen LogP contribution in [-0.2, 0) is 11.3 Å². The Morgan fingerprint density at radius 1 is 1.00 bits per heavy atom. The van der Waals surface area contributed by atoms with Gasteiger partial charge in [0.1, 0.15) is 17.2 Å². The molecule has 0 saturated carbocycles. The maximum absolute atomic E-state index is 12.5. The zero-order chi connectivity index (χ0) is 18.9. The summed E-state index contributed by atoms with van der Waals surface area (Å²) in [5.74, 6) is 1.95. The van der Waals surface area contributed by atoms with Crippen molar-refractivity contribution in [3.8, 4) is 17.2 Å². The minimum absolute atomic E-state index is 0.112. The molecule has 0 aliphatic carbocycles. The van der Waals surface area contributed by atoms with Gasteiger partial charge >= 0.3 is 0 Å². The first-order chi connectivity index (χ1) is 12.5. The molecule has 2 rings (SSSR count). The molecule has 0 spiro atoms. The molecule has 2 aromatic rings. The minimum Gasteiger partial charge on any atom is -0.497 e. The molecule has 0 radical (unpaired) electrons. The maximum Gasteiger partial charge on any atom is 0.261 e. The third-order valence-corrected chi connectivity index (χ3v) is 3.72. The lowest BCUT2D eigenvalue weighted by atomic mass is 10.2. The van der Waals surface area contributed by atoms with Gasteiger partial charge in [0.25, 0.3) is 5.91 Å². The number of methoxy groups -OCH3 is 1. The predicted octanol–water partition coefficient (Wildman–Crippen LogP) is 3.96. The van der Waals surface area contributed by atoms with Crippen molar-refractivity contribution in [2.24, 2.45) is 0 Å². The Morgan fingerprint density at radius 3 is 2.31 bits per heavy atom. The Morgan fingerprint density at radius 2 is 1.65 bits per heavy atom. The number of hydrogen-bond donors (Lipinski definition) is 1. The minimum atomic E-state index is -0.558. The van der Waals surface area contributed by atoms with Gasteiger partial charge in [0, 0.05) is 12.6 Å². The van der Waals surface area contributed by atoms with Crippen LogP contribution in [0.5, 0.6) is 17.2 Å². The van der Waals surface area contributed by atoms with Crippen molar-refractivity contribution in [3.63, 3.8) is 0 Å². The van der Waals surface area contributed by atoms with Gasteiger partial charge in [-0.15, -0.1) is 0 Å². The van der Waals surface area contributed by atoms with E-state index in [9.17, 15) is 4.79 Å². The van der Waals surface area contributed by atoms with Crippen LogP contribution >= 0.6 is 0 Å². The Bertz CT molecular complexity index is 715. The van der Waals surface area contributed by atoms with Gasteiger partial charge in [0.05, 0.1) is 13.2 Å². The summed E-state index contributed by atoms with van der Waals surface area (Å²) in [4.78, 5) is 12.5. The molecule has 0 aromatic heterocycles. The van der Waals surface area contributed by atoms with Crippen molar-refractivity contribution < 1.29 is 19.0 Å². The van der Waals surface area contributed by atoms with Crippen molar-refractivity contribution in [2.45, 2.75) is 45.9 Å². The summed E-state index contributed by atoms with van der Waals surface area (Å²) in [6.45, 7) is 6.31. The van der Waals surface area contributed by atoms with Crippen molar-refractivity contribution in [3.05, 3.63) is 54.1 Å². The van der Waals surface area contributed by atoms with E-state index in [2.05, 4.69) is 5.32 Å². The van der Waals surface area contributed by atoms with Crippen LogP contribution in [0.2, 0.25) is 0 Å². The van der Waals surface area contributed by atoms with E-state index < -0.39 is 6.10 Å². The fraction of sp³-hybridized carbons (Fsp3) is 0.381. The Balaban J connectivity index is 1.94. The fourth-order valence-corrected chi connectivity index (χ4v) is 2.46. The molecule has 1 N–H and O–H groups in total. The highest BCUT2D eigenvalue weighted by Gasteiger charge is 2.18. The number of ether oxygens (including phenoxy) is 3. The van der Waals surface area contributed by atoms with Gasteiger partial charge in [0.2, 0.25) is 0 Å². The largest absolute Gasteiger partial charge is 0.497 e. The number of amides is 1. The number of hydrogen-bond acceptors (Lipinski definition) is 4. The van der Waals surface area contributed by atoms with Gasteiger partial charge in [-0.3, -0.25) is 4.79 Å². The van der Waals surface area contributed by atoms with Crippen LogP contribution in [0.25, 0.3) is 0 Å². The fourth-order valence-electron chi connectivity index (χ4n) is 2.46. The summed E-state index contributed by atoms with van der Waals surface area (Å²) in [6, 6.07) is 15.0. The molecule has 26 heavy (non-hydrogen) atoms. The second-order valence-corrected chi connectivity index (χ2v) is 6.23. The topological polar surface area (TPSA) is 56.8 Å². The molecule has 0 aliphatic heterocycles. The SMILES string of the molecule is CC[C@@H](Oc1cccc(OC)c1)C(=O)NCc1cccc(OC(C)C)c1. The zero-order valence-corrected chi connectivity index (χ0v) is 15.8. The van der Waals surface area contributed by atoms with E-state index in [0.29, 0.717) is 24.5 Å². The molecule has 2 aromatic carbocycles. The number of benzene rings is 2. The third-order valence-electron chi connectivity index (χ3n) is 3.72. The highest BCUT2D eigenvalue weighted by molar-refractivity contribution is 5.81. The van der Waals surface area contributed by atoms with Crippen LogP contribution in [-0.4, -0.2) is 25.2 Å². The smallest absolute Gasteiger partial charge is 0.261 e. The van der Waals surface area contributed by atoms with E-state index in [0.717, 1.165) is 11.3 Å². The average Bonchev–Trinajstić information content (AvgIpc) is 2.64. The summed E-state index contributed by atoms with van der Waals surface area (Å²) in [5, 5.41) is 2.93. The lowest BCUT2D eigenvalue weighted by molar-refractivity contribution is -0.128. The van der Waals surface area contributed by atoms with E-state index in [1.807, 2.05) is 63.2 Å². The molecule has 1 atom stereocenters. The van der Waals surface area contributed by atoms with Gasteiger partial charge in [-0.05, 0) is 50.1 Å². The van der Waals surface area contributed by atoms with Crippen LogP contribution in [0.4, 0.5) is 0 Å². The monoisotopic (exact) mass is 357 g/mol. The molecule has 0 unspecified atom stereocenters. The van der Waals surface area contributed by atoms with Gasteiger partial charge in [-0.2, -0.15) is 0 Å². The second-order valence-electron chi connectivity index (χ2n) is 6.23. The highest BCUT2D eigenvalue weighted by atomic mass is 16.5. The van der Waals surface area contributed by atoms with E-state index >= 15 is 0 Å². The molecule has 0 heterocycles. The van der Waals surface area contributed by atoms with E-state index in [1.165, 1.54) is 0 Å². The normalized spacial score (nSPS) is 11.7. The van der Waals surface area contributed by atoms with Crippen molar-refractivity contribution in [1.29, 1.82) is 0 Å². The first kappa shape index (κ1) is 19.6. The Kier molecular flexibility index (Phi) is 7.33. The van der Waals surface area contributed by atoms with E-state index in [-0.39, 0.29) is 12.0 Å². The van der Waals surface area contributed by atoms with Crippen molar-refractivity contribution >= 4 is 5.91 Å². The zero-order valence-electron chi connectivity index (χ0n) is 15.8. The molecule has 0 fully saturated rings. The first-order valence-corrected chi connectivity index (χ1v) is 8.85. The molecule has 0 saturated heterocycles. The van der Waals surface area contributed by atoms with Gasteiger partial charge in [-0.25, -0.2) is 0 Å². The molecule has 5 nitrogen and oxygen atoms in total. The maximum atomic E-state index is 12.5. The van der Waals surface area contributed by atoms with Crippen molar-refractivity contribution in [1.82, 2.24) is 5.32 Å². The average molecular weight is 357 g/mol.